The molecule has 0 aliphatic carbocycles. The lowest BCUT2D eigenvalue weighted by Crippen LogP contribution is -2.52. The first kappa shape index (κ1) is 16.8. The molecule has 2 aliphatic rings. The molecule has 1 aromatic rings. The quantitative estimate of drug-likeness (QED) is 0.801. The highest BCUT2D eigenvalue weighted by atomic mass is 16.3. The van der Waals surface area contributed by atoms with Gasteiger partial charge in [-0.3, -0.25) is 14.3 Å². The predicted molar refractivity (Wildman–Crippen MR) is 88.4 cm³/mol. The Kier molecular flexibility index (Phi) is 5.03. The molecule has 0 radical (unpaired) electrons. The van der Waals surface area contributed by atoms with Gasteiger partial charge in [0.25, 0.3) is 5.91 Å². The number of hydrogen-bond acceptors (Lipinski definition) is 5. The Morgan fingerprint density at radius 1 is 1.25 bits per heavy atom. The van der Waals surface area contributed by atoms with E-state index in [1.54, 1.807) is 9.58 Å². The number of aromatic nitrogens is 2. The maximum absolute atomic E-state index is 12.5. The van der Waals surface area contributed by atoms with E-state index < -0.39 is 6.10 Å². The highest BCUT2D eigenvalue weighted by molar-refractivity contribution is 5.87. The molecule has 2 fully saturated rings. The molecule has 0 aromatic carbocycles. The molecule has 132 valence electrons. The molecule has 8 heteroatoms. The standard InChI is InChI=1S/C16H25N5O3/c1-18-11-13(10-17-18)19-6-8-20(9-7-19)15(23)12-21-5-3-2-4-14(22)16(21)24/h10-11,14,22H,2-9,12H2,1H3. The fourth-order valence-corrected chi connectivity index (χ4v) is 3.29. The molecule has 1 unspecified atom stereocenters. The summed E-state index contributed by atoms with van der Waals surface area (Å²) in [6.45, 7) is 3.42. The molecule has 2 aliphatic heterocycles. The van der Waals surface area contributed by atoms with Crippen LogP contribution in [0.5, 0.6) is 0 Å². The minimum atomic E-state index is -0.956. The number of rotatable bonds is 3. The number of carbonyl (C=O) groups is 2. The average Bonchev–Trinajstić information content (AvgIpc) is 2.96. The van der Waals surface area contributed by atoms with Crippen LogP contribution in [0.4, 0.5) is 5.69 Å². The van der Waals surface area contributed by atoms with Crippen LogP contribution in [0.25, 0.3) is 0 Å². The number of anilines is 1. The summed E-state index contributed by atoms with van der Waals surface area (Å²) < 4.78 is 1.77. The summed E-state index contributed by atoms with van der Waals surface area (Å²) in [4.78, 5) is 30.1. The number of aliphatic hydroxyl groups is 1. The van der Waals surface area contributed by atoms with E-state index in [2.05, 4.69) is 10.00 Å². The van der Waals surface area contributed by atoms with E-state index in [0.717, 1.165) is 31.6 Å². The lowest BCUT2D eigenvalue weighted by Gasteiger charge is -2.36. The number of nitrogens with zero attached hydrogens (tertiary/aromatic N) is 5. The van der Waals surface area contributed by atoms with Gasteiger partial charge in [0.15, 0.2) is 0 Å². The number of carbonyl (C=O) groups excluding carboxylic acids is 2. The zero-order chi connectivity index (χ0) is 17.1. The molecule has 0 saturated carbocycles. The number of likely N-dealkylation sites (tertiary alicyclic amines) is 1. The summed E-state index contributed by atoms with van der Waals surface area (Å²) in [6, 6.07) is 0. The summed E-state index contributed by atoms with van der Waals surface area (Å²) in [5.41, 5.74) is 1.07. The lowest BCUT2D eigenvalue weighted by molar-refractivity contribution is -0.145. The Morgan fingerprint density at radius 2 is 2.00 bits per heavy atom. The molecule has 2 saturated heterocycles. The molecule has 2 amide bonds. The lowest BCUT2D eigenvalue weighted by atomic mass is 10.2. The van der Waals surface area contributed by atoms with Crippen LogP contribution in [0.2, 0.25) is 0 Å². The molecule has 1 atom stereocenters. The number of aliphatic hydroxyl groups excluding tert-OH is 1. The normalized spacial score (nSPS) is 22.7. The molecular formula is C16H25N5O3. The van der Waals surface area contributed by atoms with Crippen molar-refractivity contribution in [2.45, 2.75) is 25.4 Å². The van der Waals surface area contributed by atoms with E-state index in [-0.39, 0.29) is 18.4 Å². The minimum Gasteiger partial charge on any atom is -0.383 e. The second-order valence-electron chi connectivity index (χ2n) is 6.51. The average molecular weight is 335 g/mol. The first-order chi connectivity index (χ1) is 11.5. The van der Waals surface area contributed by atoms with Gasteiger partial charge in [-0.15, -0.1) is 0 Å². The first-order valence-corrected chi connectivity index (χ1v) is 8.53. The zero-order valence-corrected chi connectivity index (χ0v) is 14.1. The zero-order valence-electron chi connectivity index (χ0n) is 14.1. The van der Waals surface area contributed by atoms with Gasteiger partial charge in [-0.2, -0.15) is 5.10 Å². The summed E-state index contributed by atoms with van der Waals surface area (Å²) in [5.74, 6) is -0.349. The topological polar surface area (TPSA) is 81.9 Å². The molecular weight excluding hydrogens is 310 g/mol. The van der Waals surface area contributed by atoms with E-state index in [1.165, 1.54) is 4.90 Å². The number of piperazine rings is 1. The second-order valence-corrected chi connectivity index (χ2v) is 6.51. The molecule has 3 rings (SSSR count). The Balaban J connectivity index is 1.52. The highest BCUT2D eigenvalue weighted by Crippen LogP contribution is 2.16. The Morgan fingerprint density at radius 3 is 2.67 bits per heavy atom. The van der Waals surface area contributed by atoms with E-state index in [1.807, 2.05) is 19.4 Å². The van der Waals surface area contributed by atoms with Crippen molar-refractivity contribution in [3.63, 3.8) is 0 Å². The smallest absolute Gasteiger partial charge is 0.251 e. The summed E-state index contributed by atoms with van der Waals surface area (Å²) in [5, 5.41) is 14.0. The van der Waals surface area contributed by atoms with Crippen LogP contribution >= 0.6 is 0 Å². The minimum absolute atomic E-state index is 0.0386. The van der Waals surface area contributed by atoms with Gasteiger partial charge in [-0.25, -0.2) is 0 Å². The van der Waals surface area contributed by atoms with Crippen molar-refractivity contribution < 1.29 is 14.7 Å². The molecule has 3 heterocycles. The second kappa shape index (κ2) is 7.21. The van der Waals surface area contributed by atoms with Crippen molar-refractivity contribution >= 4 is 17.5 Å². The molecule has 0 bridgehead atoms. The highest BCUT2D eigenvalue weighted by Gasteiger charge is 2.29. The van der Waals surface area contributed by atoms with Crippen molar-refractivity contribution in [3.8, 4) is 0 Å². The van der Waals surface area contributed by atoms with Gasteiger partial charge in [0.05, 0.1) is 18.4 Å². The third kappa shape index (κ3) is 3.69. The Labute approximate surface area is 141 Å². The van der Waals surface area contributed by atoms with Crippen molar-refractivity contribution in [3.05, 3.63) is 12.4 Å². The van der Waals surface area contributed by atoms with Crippen molar-refractivity contribution in [1.29, 1.82) is 0 Å². The first-order valence-electron chi connectivity index (χ1n) is 8.53. The van der Waals surface area contributed by atoms with Crippen LogP contribution in [-0.2, 0) is 16.6 Å². The monoisotopic (exact) mass is 335 g/mol. The SMILES string of the molecule is Cn1cc(N2CCN(C(=O)CN3CCCCC(O)C3=O)CC2)cn1. The van der Waals surface area contributed by atoms with Crippen LogP contribution < -0.4 is 4.90 Å². The van der Waals surface area contributed by atoms with E-state index in [0.29, 0.717) is 26.1 Å². The van der Waals surface area contributed by atoms with E-state index in [4.69, 9.17) is 0 Å². The van der Waals surface area contributed by atoms with Crippen LogP contribution in [0, 0.1) is 0 Å². The van der Waals surface area contributed by atoms with Gasteiger partial charge in [-0.1, -0.05) is 0 Å². The van der Waals surface area contributed by atoms with Crippen molar-refractivity contribution in [2.75, 3.05) is 44.2 Å². The predicted octanol–water partition coefficient (Wildman–Crippen LogP) is -0.558. The third-order valence-corrected chi connectivity index (χ3v) is 4.77. The molecule has 0 spiro atoms. The van der Waals surface area contributed by atoms with Gasteiger partial charge in [-0.05, 0) is 19.3 Å². The number of amides is 2. The van der Waals surface area contributed by atoms with Crippen LogP contribution in [0.1, 0.15) is 19.3 Å². The van der Waals surface area contributed by atoms with Crippen molar-refractivity contribution in [1.82, 2.24) is 19.6 Å². The van der Waals surface area contributed by atoms with Gasteiger partial charge in [0.2, 0.25) is 5.91 Å². The maximum atomic E-state index is 12.5. The summed E-state index contributed by atoms with van der Waals surface area (Å²) >= 11 is 0. The number of hydrogen-bond donors (Lipinski definition) is 1. The Hall–Kier alpha value is -2.09. The fourth-order valence-electron chi connectivity index (χ4n) is 3.29. The largest absolute Gasteiger partial charge is 0.383 e. The summed E-state index contributed by atoms with van der Waals surface area (Å²) in [6.07, 6.45) is 4.99. The maximum Gasteiger partial charge on any atom is 0.251 e. The molecule has 1 aromatic heterocycles. The summed E-state index contributed by atoms with van der Waals surface area (Å²) in [7, 11) is 1.88. The molecule has 24 heavy (non-hydrogen) atoms. The van der Waals surface area contributed by atoms with Gasteiger partial charge < -0.3 is 19.8 Å². The molecule has 1 N–H and O–H groups in total. The van der Waals surface area contributed by atoms with E-state index >= 15 is 0 Å². The number of aryl methyl sites for hydroxylation is 1. The van der Waals surface area contributed by atoms with Crippen LogP contribution in [0.15, 0.2) is 12.4 Å². The Bertz CT molecular complexity index is 594. The van der Waals surface area contributed by atoms with Crippen LogP contribution in [0.3, 0.4) is 0 Å². The van der Waals surface area contributed by atoms with Crippen molar-refractivity contribution in [2.24, 2.45) is 7.05 Å². The third-order valence-electron chi connectivity index (χ3n) is 4.77. The van der Waals surface area contributed by atoms with E-state index in [9.17, 15) is 14.7 Å². The fraction of sp³-hybridized carbons (Fsp3) is 0.688. The van der Waals surface area contributed by atoms with Gasteiger partial charge >= 0.3 is 0 Å². The van der Waals surface area contributed by atoms with Gasteiger partial charge in [0, 0.05) is 46.0 Å². The molecule has 8 nitrogen and oxygen atoms in total. The van der Waals surface area contributed by atoms with Gasteiger partial charge in [0.1, 0.15) is 6.10 Å². The van der Waals surface area contributed by atoms with Crippen LogP contribution in [-0.4, -0.2) is 81.9 Å².